The first-order valence-corrected chi connectivity index (χ1v) is 11.6. The van der Waals surface area contributed by atoms with Crippen LogP contribution in [0.4, 0.5) is 0 Å². The molecule has 0 heterocycles. The van der Waals surface area contributed by atoms with Gasteiger partial charge in [-0.2, -0.15) is 0 Å². The summed E-state index contributed by atoms with van der Waals surface area (Å²) in [6.45, 7) is 2.26. The lowest BCUT2D eigenvalue weighted by molar-refractivity contribution is 0.541. The maximum Gasteiger partial charge on any atom is 0.178 e. The highest BCUT2D eigenvalue weighted by atomic mass is 32.2. The van der Waals surface area contributed by atoms with Crippen LogP contribution in [-0.2, 0) is 9.84 Å². The number of sulfone groups is 1. The average molecular weight is 353 g/mol. The first kappa shape index (κ1) is 21.2. The van der Waals surface area contributed by atoms with Gasteiger partial charge in [-0.15, -0.1) is 0 Å². The van der Waals surface area contributed by atoms with Crippen LogP contribution in [0, 0.1) is 0 Å². The fraction of sp³-hybridized carbons (Fsp3) is 0.714. The van der Waals surface area contributed by atoms with Crippen molar-refractivity contribution in [3.8, 4) is 0 Å². The third-order valence-corrected chi connectivity index (χ3v) is 6.44. The molecular formula is C21H36O2S. The van der Waals surface area contributed by atoms with Crippen molar-refractivity contribution in [2.24, 2.45) is 0 Å². The molecule has 0 aliphatic rings. The number of hydrogen-bond donors (Lipinski definition) is 0. The van der Waals surface area contributed by atoms with Crippen molar-refractivity contribution in [3.63, 3.8) is 0 Å². The minimum Gasteiger partial charge on any atom is -0.224 e. The van der Waals surface area contributed by atoms with Crippen LogP contribution in [0.1, 0.15) is 90.4 Å². The summed E-state index contributed by atoms with van der Waals surface area (Å²) in [7, 11) is -3.07. The third kappa shape index (κ3) is 10.1. The van der Waals surface area contributed by atoms with Crippen LogP contribution in [0.5, 0.6) is 0 Å². The molecule has 0 unspecified atom stereocenters. The standard InChI is InChI=1S/C21H36O2S/c1-2-3-4-5-6-7-8-9-10-11-12-13-17-20-24(22,23)21-18-15-14-16-19-21/h14-16,18-19H,2-13,17,20H2,1H3. The molecule has 24 heavy (non-hydrogen) atoms. The van der Waals surface area contributed by atoms with Crippen LogP contribution in [0.25, 0.3) is 0 Å². The molecule has 1 aromatic carbocycles. The van der Waals surface area contributed by atoms with Crippen molar-refractivity contribution in [2.45, 2.75) is 95.3 Å². The van der Waals surface area contributed by atoms with Gasteiger partial charge >= 0.3 is 0 Å². The first-order valence-electron chi connectivity index (χ1n) is 9.94. The van der Waals surface area contributed by atoms with Gasteiger partial charge in [0.15, 0.2) is 9.84 Å². The zero-order valence-corrected chi connectivity index (χ0v) is 16.3. The second kappa shape index (κ2) is 13.5. The zero-order chi connectivity index (χ0) is 17.5. The Labute approximate surface area is 150 Å². The van der Waals surface area contributed by atoms with Crippen LogP contribution < -0.4 is 0 Å². The highest BCUT2D eigenvalue weighted by molar-refractivity contribution is 7.91. The Hall–Kier alpha value is -0.830. The fourth-order valence-electron chi connectivity index (χ4n) is 3.06. The summed E-state index contributed by atoms with van der Waals surface area (Å²) in [5.74, 6) is 0.286. The normalized spacial score (nSPS) is 11.7. The van der Waals surface area contributed by atoms with E-state index in [-0.39, 0.29) is 5.75 Å². The van der Waals surface area contributed by atoms with Crippen LogP contribution >= 0.6 is 0 Å². The molecule has 0 radical (unpaired) electrons. The van der Waals surface area contributed by atoms with Crippen molar-refractivity contribution in [1.82, 2.24) is 0 Å². The molecule has 0 aliphatic carbocycles. The number of unbranched alkanes of at least 4 members (excludes halogenated alkanes) is 12. The molecule has 2 nitrogen and oxygen atoms in total. The minimum absolute atomic E-state index is 0.286. The summed E-state index contributed by atoms with van der Waals surface area (Å²) >= 11 is 0. The Morgan fingerprint density at radius 1 is 0.625 bits per heavy atom. The lowest BCUT2D eigenvalue weighted by Gasteiger charge is -2.05. The summed E-state index contributed by atoms with van der Waals surface area (Å²) < 4.78 is 24.3. The zero-order valence-electron chi connectivity index (χ0n) is 15.5. The lowest BCUT2D eigenvalue weighted by atomic mass is 10.1. The highest BCUT2D eigenvalue weighted by Crippen LogP contribution is 2.15. The fourth-order valence-corrected chi connectivity index (χ4v) is 4.45. The van der Waals surface area contributed by atoms with Crippen LogP contribution in [0.15, 0.2) is 35.2 Å². The second-order valence-corrected chi connectivity index (χ2v) is 8.98. The largest absolute Gasteiger partial charge is 0.224 e. The molecule has 0 amide bonds. The van der Waals surface area contributed by atoms with Gasteiger partial charge in [0.2, 0.25) is 0 Å². The van der Waals surface area contributed by atoms with Gasteiger partial charge in [-0.3, -0.25) is 0 Å². The quantitative estimate of drug-likeness (QED) is 0.335. The van der Waals surface area contributed by atoms with Gasteiger partial charge in [0, 0.05) is 0 Å². The molecule has 1 aromatic rings. The number of hydrogen-bond acceptors (Lipinski definition) is 2. The topological polar surface area (TPSA) is 34.1 Å². The van der Waals surface area contributed by atoms with Crippen molar-refractivity contribution < 1.29 is 8.42 Å². The Morgan fingerprint density at radius 2 is 1.04 bits per heavy atom. The molecule has 0 bridgehead atoms. The van der Waals surface area contributed by atoms with Gasteiger partial charge in [0.05, 0.1) is 10.6 Å². The monoisotopic (exact) mass is 352 g/mol. The van der Waals surface area contributed by atoms with E-state index in [4.69, 9.17) is 0 Å². The van der Waals surface area contributed by atoms with E-state index in [1.165, 1.54) is 70.6 Å². The van der Waals surface area contributed by atoms with E-state index in [2.05, 4.69) is 6.92 Å². The van der Waals surface area contributed by atoms with Gasteiger partial charge in [-0.1, -0.05) is 102 Å². The van der Waals surface area contributed by atoms with Crippen LogP contribution in [0.3, 0.4) is 0 Å². The molecule has 3 heteroatoms. The van der Waals surface area contributed by atoms with E-state index in [0.29, 0.717) is 4.90 Å². The molecule has 0 spiro atoms. The molecule has 0 aliphatic heterocycles. The Bertz CT molecular complexity index is 494. The van der Waals surface area contributed by atoms with Crippen molar-refractivity contribution in [2.75, 3.05) is 5.75 Å². The third-order valence-electron chi connectivity index (χ3n) is 4.62. The van der Waals surface area contributed by atoms with E-state index in [1.807, 2.05) is 6.07 Å². The summed E-state index contributed by atoms with van der Waals surface area (Å²) in [5, 5.41) is 0. The molecule has 0 saturated carbocycles. The van der Waals surface area contributed by atoms with Crippen molar-refractivity contribution in [1.29, 1.82) is 0 Å². The number of benzene rings is 1. The summed E-state index contributed by atoms with van der Waals surface area (Å²) in [5.41, 5.74) is 0. The van der Waals surface area contributed by atoms with Crippen LogP contribution in [0.2, 0.25) is 0 Å². The summed E-state index contributed by atoms with van der Waals surface area (Å²) in [6.07, 6.45) is 16.6. The molecule has 0 atom stereocenters. The molecule has 0 N–H and O–H groups in total. The molecule has 1 rings (SSSR count). The summed E-state index contributed by atoms with van der Waals surface area (Å²) in [4.78, 5) is 0.462. The molecular weight excluding hydrogens is 316 g/mol. The highest BCUT2D eigenvalue weighted by Gasteiger charge is 2.12. The molecule has 0 saturated heterocycles. The Balaban J connectivity index is 1.92. The maximum atomic E-state index is 12.1. The van der Waals surface area contributed by atoms with E-state index in [9.17, 15) is 8.42 Å². The molecule has 0 aromatic heterocycles. The van der Waals surface area contributed by atoms with E-state index in [0.717, 1.165) is 12.8 Å². The molecule has 138 valence electrons. The van der Waals surface area contributed by atoms with Gasteiger partial charge < -0.3 is 0 Å². The second-order valence-electron chi connectivity index (χ2n) is 6.87. The smallest absolute Gasteiger partial charge is 0.178 e. The van der Waals surface area contributed by atoms with E-state index in [1.54, 1.807) is 24.3 Å². The average Bonchev–Trinajstić information content (AvgIpc) is 2.60. The Kier molecular flexibility index (Phi) is 11.9. The van der Waals surface area contributed by atoms with Gasteiger partial charge in [-0.05, 0) is 18.6 Å². The predicted molar refractivity (Wildman–Crippen MR) is 104 cm³/mol. The van der Waals surface area contributed by atoms with E-state index < -0.39 is 9.84 Å². The SMILES string of the molecule is CCCCCCCCCCCCCCCS(=O)(=O)c1ccccc1. The minimum atomic E-state index is -3.07. The van der Waals surface area contributed by atoms with Gasteiger partial charge in [0.25, 0.3) is 0 Å². The van der Waals surface area contributed by atoms with Crippen LogP contribution in [-0.4, -0.2) is 14.2 Å². The lowest BCUT2D eigenvalue weighted by Crippen LogP contribution is -2.06. The van der Waals surface area contributed by atoms with Crippen molar-refractivity contribution in [3.05, 3.63) is 30.3 Å². The van der Waals surface area contributed by atoms with Gasteiger partial charge in [-0.25, -0.2) is 8.42 Å². The number of rotatable bonds is 15. The Morgan fingerprint density at radius 3 is 1.50 bits per heavy atom. The van der Waals surface area contributed by atoms with E-state index >= 15 is 0 Å². The van der Waals surface area contributed by atoms with Gasteiger partial charge in [0.1, 0.15) is 0 Å². The van der Waals surface area contributed by atoms with Crippen molar-refractivity contribution >= 4 is 9.84 Å². The maximum absolute atomic E-state index is 12.1. The predicted octanol–water partition coefficient (Wildman–Crippen LogP) is 6.55. The first-order chi connectivity index (χ1) is 11.7. The molecule has 0 fully saturated rings. The summed E-state index contributed by atoms with van der Waals surface area (Å²) in [6, 6.07) is 8.81.